The van der Waals surface area contributed by atoms with E-state index in [4.69, 9.17) is 18.9 Å². The molecule has 0 spiro atoms. The van der Waals surface area contributed by atoms with Crippen LogP contribution in [0.2, 0.25) is 0 Å². The van der Waals surface area contributed by atoms with Crippen molar-refractivity contribution in [3.05, 3.63) is 36.4 Å². The van der Waals surface area contributed by atoms with Crippen molar-refractivity contribution in [3.8, 4) is 5.75 Å². The van der Waals surface area contributed by atoms with E-state index in [-0.39, 0.29) is 0 Å². The lowest BCUT2D eigenvalue weighted by molar-refractivity contribution is -0.352. The standard InChI is InChI=1S/C20H28O11/c1-2-9-3-5-10(6-4-9)28-19-17(27)15(25)18(12(8-22)30-19)31-20-16(26)14(24)13(23)11(7-21)29-20/h2-6,11-27H,1,7-8H2/t11-,12-,13+,14+,15-,16+,17+,18+,19-,20+/m0/s1. The fourth-order valence-electron chi connectivity index (χ4n) is 3.47. The first-order valence-electron chi connectivity index (χ1n) is 9.78. The highest BCUT2D eigenvalue weighted by atomic mass is 16.7. The molecule has 0 radical (unpaired) electrons. The SMILES string of the molecule is C=Cc1ccc(O[C@H]2O[C@@H](CO)[C@@H](O[C@H]3O[C@@H](CO)[C@@H](O)[C@@H](O)[C@H]3O)[C@@H](O)[C@H]2O)cc1. The molecule has 0 aromatic heterocycles. The van der Waals surface area contributed by atoms with Crippen LogP contribution in [0.15, 0.2) is 30.8 Å². The van der Waals surface area contributed by atoms with Crippen LogP contribution >= 0.6 is 0 Å². The van der Waals surface area contributed by atoms with Gasteiger partial charge in [-0.1, -0.05) is 24.8 Å². The van der Waals surface area contributed by atoms with E-state index in [1.54, 1.807) is 30.3 Å². The lowest BCUT2D eigenvalue weighted by atomic mass is 9.97. The average molecular weight is 444 g/mol. The Balaban J connectivity index is 1.70. The molecule has 174 valence electrons. The topological polar surface area (TPSA) is 179 Å². The second kappa shape index (κ2) is 10.3. The van der Waals surface area contributed by atoms with Crippen molar-refractivity contribution in [2.45, 2.75) is 61.4 Å². The van der Waals surface area contributed by atoms with Gasteiger partial charge in [-0.3, -0.25) is 0 Å². The minimum atomic E-state index is -1.72. The Labute approximate surface area is 178 Å². The molecular weight excluding hydrogens is 416 g/mol. The van der Waals surface area contributed by atoms with Gasteiger partial charge >= 0.3 is 0 Å². The van der Waals surface area contributed by atoms with Gasteiger partial charge in [-0.05, 0) is 17.7 Å². The predicted octanol–water partition coefficient (Wildman–Crippen LogP) is -2.67. The van der Waals surface area contributed by atoms with E-state index >= 15 is 0 Å². The van der Waals surface area contributed by atoms with Gasteiger partial charge in [0.2, 0.25) is 6.29 Å². The molecule has 31 heavy (non-hydrogen) atoms. The third kappa shape index (κ3) is 5.07. The number of benzene rings is 1. The summed E-state index contributed by atoms with van der Waals surface area (Å²) in [7, 11) is 0. The Kier molecular flexibility index (Phi) is 7.99. The lowest BCUT2D eigenvalue weighted by Gasteiger charge is -2.45. The summed E-state index contributed by atoms with van der Waals surface area (Å²) in [4.78, 5) is 0. The molecular formula is C20H28O11. The maximum atomic E-state index is 10.6. The van der Waals surface area contributed by atoms with Crippen molar-refractivity contribution in [3.63, 3.8) is 0 Å². The van der Waals surface area contributed by atoms with Gasteiger partial charge in [-0.15, -0.1) is 0 Å². The zero-order valence-electron chi connectivity index (χ0n) is 16.5. The Morgan fingerprint density at radius 3 is 1.94 bits per heavy atom. The Bertz CT molecular complexity index is 710. The monoisotopic (exact) mass is 444 g/mol. The van der Waals surface area contributed by atoms with E-state index in [1.807, 2.05) is 0 Å². The first-order chi connectivity index (χ1) is 14.8. The minimum Gasteiger partial charge on any atom is -0.462 e. The van der Waals surface area contributed by atoms with Gasteiger partial charge in [0.1, 0.15) is 54.6 Å². The summed E-state index contributed by atoms with van der Waals surface area (Å²) >= 11 is 0. The summed E-state index contributed by atoms with van der Waals surface area (Å²) in [5.74, 6) is 0.340. The quantitative estimate of drug-likeness (QED) is 0.233. The lowest BCUT2D eigenvalue weighted by Crippen LogP contribution is -2.65. The molecule has 0 aliphatic carbocycles. The molecule has 11 nitrogen and oxygen atoms in total. The van der Waals surface area contributed by atoms with E-state index in [0.29, 0.717) is 5.75 Å². The van der Waals surface area contributed by atoms with Crippen molar-refractivity contribution in [1.29, 1.82) is 0 Å². The Morgan fingerprint density at radius 1 is 0.774 bits per heavy atom. The molecule has 2 aliphatic rings. The van der Waals surface area contributed by atoms with Crippen molar-refractivity contribution in [1.82, 2.24) is 0 Å². The van der Waals surface area contributed by atoms with Crippen LogP contribution in [0.25, 0.3) is 6.08 Å². The molecule has 0 amide bonds. The minimum absolute atomic E-state index is 0.340. The van der Waals surface area contributed by atoms with E-state index in [9.17, 15) is 35.7 Å². The second-order valence-electron chi connectivity index (χ2n) is 7.40. The first kappa shape index (κ1) is 24.0. The van der Waals surface area contributed by atoms with E-state index in [2.05, 4.69) is 6.58 Å². The van der Waals surface area contributed by atoms with Gasteiger partial charge in [0, 0.05) is 0 Å². The third-order valence-electron chi connectivity index (χ3n) is 5.33. The van der Waals surface area contributed by atoms with Crippen molar-refractivity contribution in [2.75, 3.05) is 13.2 Å². The van der Waals surface area contributed by atoms with Crippen LogP contribution < -0.4 is 4.74 Å². The summed E-state index contributed by atoms with van der Waals surface area (Å²) < 4.78 is 21.9. The number of ether oxygens (including phenoxy) is 4. The summed E-state index contributed by atoms with van der Waals surface area (Å²) in [6, 6.07) is 6.68. The van der Waals surface area contributed by atoms with Crippen LogP contribution in [0.3, 0.4) is 0 Å². The molecule has 2 heterocycles. The predicted molar refractivity (Wildman–Crippen MR) is 104 cm³/mol. The normalized spacial score (nSPS) is 41.0. The summed E-state index contributed by atoms with van der Waals surface area (Å²) in [6.45, 7) is 2.34. The maximum Gasteiger partial charge on any atom is 0.229 e. The highest BCUT2D eigenvalue weighted by Gasteiger charge is 2.51. The molecule has 11 heteroatoms. The molecule has 10 atom stereocenters. The van der Waals surface area contributed by atoms with E-state index in [1.165, 1.54) is 0 Å². The van der Waals surface area contributed by atoms with Crippen LogP contribution in [0, 0.1) is 0 Å². The molecule has 7 N–H and O–H groups in total. The smallest absolute Gasteiger partial charge is 0.229 e. The van der Waals surface area contributed by atoms with Crippen LogP contribution in [-0.2, 0) is 14.2 Å². The molecule has 2 fully saturated rings. The second-order valence-corrected chi connectivity index (χ2v) is 7.40. The van der Waals surface area contributed by atoms with Crippen LogP contribution in [0.4, 0.5) is 0 Å². The average Bonchev–Trinajstić information content (AvgIpc) is 2.79. The first-order valence-corrected chi connectivity index (χ1v) is 9.78. The molecule has 3 rings (SSSR count). The Hall–Kier alpha value is -1.64. The van der Waals surface area contributed by atoms with Crippen LogP contribution in [-0.4, -0.2) is 110 Å². The molecule has 0 saturated carbocycles. The van der Waals surface area contributed by atoms with Crippen molar-refractivity contribution >= 4 is 6.08 Å². The third-order valence-corrected chi connectivity index (χ3v) is 5.33. The number of hydrogen-bond acceptors (Lipinski definition) is 11. The highest BCUT2D eigenvalue weighted by Crippen LogP contribution is 2.30. The number of hydrogen-bond donors (Lipinski definition) is 7. The molecule has 0 bridgehead atoms. The van der Waals surface area contributed by atoms with Gasteiger partial charge in [-0.25, -0.2) is 0 Å². The van der Waals surface area contributed by atoms with Crippen LogP contribution in [0.1, 0.15) is 5.56 Å². The number of rotatable bonds is 7. The van der Waals surface area contributed by atoms with Gasteiger partial charge in [0.15, 0.2) is 6.29 Å². The number of aliphatic hydroxyl groups is 7. The van der Waals surface area contributed by atoms with Crippen molar-refractivity contribution in [2.24, 2.45) is 0 Å². The maximum absolute atomic E-state index is 10.6. The highest BCUT2D eigenvalue weighted by molar-refractivity contribution is 5.48. The summed E-state index contributed by atoms with van der Waals surface area (Å²) in [5, 5.41) is 69.9. The molecule has 1 aromatic carbocycles. The zero-order chi connectivity index (χ0) is 22.7. The largest absolute Gasteiger partial charge is 0.462 e. The fourth-order valence-corrected chi connectivity index (χ4v) is 3.47. The summed E-state index contributed by atoms with van der Waals surface area (Å²) in [6.07, 6.45) is -13.3. The van der Waals surface area contributed by atoms with Crippen molar-refractivity contribution < 1.29 is 54.7 Å². The molecule has 2 aliphatic heterocycles. The molecule has 2 saturated heterocycles. The van der Waals surface area contributed by atoms with Gasteiger partial charge in [0.05, 0.1) is 13.2 Å². The zero-order valence-corrected chi connectivity index (χ0v) is 16.5. The van der Waals surface area contributed by atoms with Crippen LogP contribution in [0.5, 0.6) is 5.75 Å². The van der Waals surface area contributed by atoms with Gasteiger partial charge in [0.25, 0.3) is 0 Å². The molecule has 0 unspecified atom stereocenters. The molecule has 1 aromatic rings. The number of aliphatic hydroxyl groups excluding tert-OH is 7. The van der Waals surface area contributed by atoms with Gasteiger partial charge in [-0.2, -0.15) is 0 Å². The summed E-state index contributed by atoms with van der Waals surface area (Å²) in [5.41, 5.74) is 0.846. The van der Waals surface area contributed by atoms with E-state index < -0.39 is 74.6 Å². The Morgan fingerprint density at radius 2 is 1.35 bits per heavy atom. The van der Waals surface area contributed by atoms with E-state index in [0.717, 1.165) is 5.56 Å². The van der Waals surface area contributed by atoms with Gasteiger partial charge < -0.3 is 54.7 Å². The fraction of sp³-hybridized carbons (Fsp3) is 0.600.